The van der Waals surface area contributed by atoms with Gasteiger partial charge in [-0.15, -0.1) is 0 Å². The van der Waals surface area contributed by atoms with E-state index in [2.05, 4.69) is 26.7 Å². The molecule has 0 atom stereocenters. The molecule has 0 bridgehead atoms. The molecule has 7 nitrogen and oxygen atoms in total. The van der Waals surface area contributed by atoms with Gasteiger partial charge in [0.05, 0.1) is 24.0 Å². The third kappa shape index (κ3) is 5.29. The number of aromatic nitrogens is 2. The van der Waals surface area contributed by atoms with Crippen molar-refractivity contribution in [2.24, 2.45) is 0 Å². The van der Waals surface area contributed by atoms with Gasteiger partial charge in [-0.05, 0) is 42.7 Å². The van der Waals surface area contributed by atoms with E-state index < -0.39 is 0 Å². The van der Waals surface area contributed by atoms with Crippen LogP contribution < -0.4 is 15.4 Å². The summed E-state index contributed by atoms with van der Waals surface area (Å²) in [4.78, 5) is 20.1. The van der Waals surface area contributed by atoms with Crippen LogP contribution in [0.4, 0.5) is 10.7 Å². The zero-order valence-electron chi connectivity index (χ0n) is 15.3. The van der Waals surface area contributed by atoms with Gasteiger partial charge in [-0.1, -0.05) is 30.3 Å². The average molecular weight is 373 g/mol. The monoisotopic (exact) mass is 373 g/mol. The Morgan fingerprint density at radius 1 is 1.11 bits per heavy atom. The van der Waals surface area contributed by atoms with E-state index in [0.717, 1.165) is 11.1 Å². The minimum Gasteiger partial charge on any atom is -0.454 e. The number of ether oxygens (including phenoxy) is 1. The topological polar surface area (TPSA) is 99.9 Å². The van der Waals surface area contributed by atoms with Crippen LogP contribution in [0.3, 0.4) is 0 Å². The largest absolute Gasteiger partial charge is 0.454 e. The maximum atomic E-state index is 12.0. The van der Waals surface area contributed by atoms with E-state index in [1.165, 1.54) is 12.4 Å². The summed E-state index contributed by atoms with van der Waals surface area (Å²) < 4.78 is 5.60. The Bertz CT molecular complexity index is 982. The highest BCUT2D eigenvalue weighted by Gasteiger charge is 2.05. The number of carbonyl (C=O) groups is 1. The molecule has 1 aromatic heterocycles. The van der Waals surface area contributed by atoms with Crippen molar-refractivity contribution in [2.75, 3.05) is 11.9 Å². The van der Waals surface area contributed by atoms with Crippen LogP contribution in [-0.2, 0) is 6.42 Å². The Balaban J connectivity index is 1.45. The number of carbonyl (C=O) groups excluding carboxylic acids is 1. The summed E-state index contributed by atoms with van der Waals surface area (Å²) in [5, 5.41) is 14.3. The minimum atomic E-state index is -0.387. The van der Waals surface area contributed by atoms with Gasteiger partial charge in [0.1, 0.15) is 5.75 Å². The summed E-state index contributed by atoms with van der Waals surface area (Å²) in [7, 11) is 0. The zero-order valence-corrected chi connectivity index (χ0v) is 15.3. The Hall–Kier alpha value is -3.92. The molecule has 2 amide bonds. The number of nitriles is 1. The molecule has 0 fully saturated rings. The molecule has 0 unspecified atom stereocenters. The minimum absolute atomic E-state index is 0.187. The third-order valence-electron chi connectivity index (χ3n) is 3.94. The lowest BCUT2D eigenvalue weighted by molar-refractivity contribution is 0.252. The van der Waals surface area contributed by atoms with Crippen molar-refractivity contribution in [1.29, 1.82) is 5.26 Å². The highest BCUT2D eigenvalue weighted by Crippen LogP contribution is 2.19. The van der Waals surface area contributed by atoms with Crippen LogP contribution in [-0.4, -0.2) is 22.5 Å². The van der Waals surface area contributed by atoms with Gasteiger partial charge in [0, 0.05) is 6.54 Å². The second-order valence-electron chi connectivity index (χ2n) is 6.05. The number of hydrogen-bond donors (Lipinski definition) is 2. The molecule has 0 radical (unpaired) electrons. The average Bonchev–Trinajstić information content (AvgIpc) is 2.70. The van der Waals surface area contributed by atoms with Crippen molar-refractivity contribution in [1.82, 2.24) is 15.3 Å². The van der Waals surface area contributed by atoms with Crippen molar-refractivity contribution in [3.63, 3.8) is 0 Å². The number of nitrogens with one attached hydrogen (secondary N) is 2. The Morgan fingerprint density at radius 3 is 2.54 bits per heavy atom. The molecule has 2 aromatic carbocycles. The molecular formula is C21H19N5O2. The molecule has 0 saturated heterocycles. The van der Waals surface area contributed by atoms with Gasteiger partial charge < -0.3 is 10.1 Å². The number of para-hydroxylation sites is 1. The Morgan fingerprint density at radius 2 is 1.86 bits per heavy atom. The van der Waals surface area contributed by atoms with Crippen molar-refractivity contribution < 1.29 is 9.53 Å². The van der Waals surface area contributed by atoms with E-state index >= 15 is 0 Å². The molecule has 2 N–H and O–H groups in total. The van der Waals surface area contributed by atoms with Crippen LogP contribution in [0.5, 0.6) is 11.5 Å². The second-order valence-corrected chi connectivity index (χ2v) is 6.05. The zero-order chi connectivity index (χ0) is 19.8. The number of rotatable bonds is 6. The number of anilines is 1. The summed E-state index contributed by atoms with van der Waals surface area (Å²) in [6, 6.07) is 16.7. The standard InChI is InChI=1S/C21H19N5O2/c1-15-11-16(7-8-17(15)12-22)9-10-23-21(27)26-20-24-13-19(14-25-20)28-18-5-3-2-4-6-18/h2-8,11,13-14H,9-10H2,1H3,(H2,23,24,25,26,27). The predicted molar refractivity (Wildman–Crippen MR) is 105 cm³/mol. The molecule has 3 aromatic rings. The van der Waals surface area contributed by atoms with Crippen molar-refractivity contribution in [3.8, 4) is 17.6 Å². The number of urea groups is 1. The van der Waals surface area contributed by atoms with Crippen LogP contribution in [0.25, 0.3) is 0 Å². The molecule has 28 heavy (non-hydrogen) atoms. The first-order valence-corrected chi connectivity index (χ1v) is 8.73. The highest BCUT2D eigenvalue weighted by molar-refractivity contribution is 5.87. The fourth-order valence-electron chi connectivity index (χ4n) is 2.53. The molecule has 0 spiro atoms. The summed E-state index contributed by atoms with van der Waals surface area (Å²) in [6.07, 6.45) is 3.65. The number of amides is 2. The maximum Gasteiger partial charge on any atom is 0.321 e. The van der Waals surface area contributed by atoms with Gasteiger partial charge in [0.2, 0.25) is 5.95 Å². The fourth-order valence-corrected chi connectivity index (χ4v) is 2.53. The first-order chi connectivity index (χ1) is 13.6. The molecule has 0 aliphatic heterocycles. The number of nitrogens with zero attached hydrogens (tertiary/aromatic N) is 3. The fraction of sp³-hybridized carbons (Fsp3) is 0.143. The van der Waals surface area contributed by atoms with Crippen molar-refractivity contribution in [2.45, 2.75) is 13.3 Å². The highest BCUT2D eigenvalue weighted by atomic mass is 16.5. The van der Waals surface area contributed by atoms with Gasteiger partial charge in [-0.2, -0.15) is 5.26 Å². The lowest BCUT2D eigenvalue weighted by atomic mass is 10.0. The lowest BCUT2D eigenvalue weighted by Gasteiger charge is -2.08. The molecule has 1 heterocycles. The van der Waals surface area contributed by atoms with Gasteiger partial charge in [0.15, 0.2) is 5.75 Å². The van der Waals surface area contributed by atoms with E-state index in [9.17, 15) is 4.79 Å². The van der Waals surface area contributed by atoms with E-state index in [-0.39, 0.29) is 12.0 Å². The van der Waals surface area contributed by atoms with E-state index in [4.69, 9.17) is 10.00 Å². The first kappa shape index (κ1) is 18.9. The van der Waals surface area contributed by atoms with E-state index in [0.29, 0.717) is 30.0 Å². The summed E-state index contributed by atoms with van der Waals surface area (Å²) >= 11 is 0. The Kier molecular flexibility index (Phi) is 6.16. The van der Waals surface area contributed by atoms with Crippen LogP contribution in [0, 0.1) is 18.3 Å². The summed E-state index contributed by atoms with van der Waals surface area (Å²) in [5.41, 5.74) is 2.64. The quantitative estimate of drug-likeness (QED) is 0.684. The van der Waals surface area contributed by atoms with E-state index in [1.54, 1.807) is 6.07 Å². The van der Waals surface area contributed by atoms with Gasteiger partial charge in [-0.3, -0.25) is 5.32 Å². The van der Waals surface area contributed by atoms with Crippen molar-refractivity contribution >= 4 is 12.0 Å². The van der Waals surface area contributed by atoms with Crippen LogP contribution in [0.15, 0.2) is 60.9 Å². The van der Waals surface area contributed by atoms with Gasteiger partial charge in [0.25, 0.3) is 0 Å². The lowest BCUT2D eigenvalue weighted by Crippen LogP contribution is -2.31. The Labute approximate surface area is 163 Å². The first-order valence-electron chi connectivity index (χ1n) is 8.73. The van der Waals surface area contributed by atoms with Gasteiger partial charge >= 0.3 is 6.03 Å². The third-order valence-corrected chi connectivity index (χ3v) is 3.94. The SMILES string of the molecule is Cc1cc(CCNC(=O)Nc2ncc(Oc3ccccc3)cn2)ccc1C#N. The second kappa shape index (κ2) is 9.14. The molecule has 140 valence electrons. The summed E-state index contributed by atoms with van der Waals surface area (Å²) in [6.45, 7) is 2.34. The molecule has 0 saturated carbocycles. The number of benzene rings is 2. The molecular weight excluding hydrogens is 354 g/mol. The van der Waals surface area contributed by atoms with Gasteiger partial charge in [-0.25, -0.2) is 14.8 Å². The predicted octanol–water partition coefficient (Wildman–Crippen LogP) is 3.81. The maximum absolute atomic E-state index is 12.0. The van der Waals surface area contributed by atoms with Crippen molar-refractivity contribution in [3.05, 3.63) is 77.6 Å². The normalized spacial score (nSPS) is 10.0. The number of hydrogen-bond acceptors (Lipinski definition) is 5. The molecule has 0 aliphatic carbocycles. The molecule has 3 rings (SSSR count). The van der Waals surface area contributed by atoms with Crippen LogP contribution >= 0.6 is 0 Å². The van der Waals surface area contributed by atoms with Crippen LogP contribution in [0.2, 0.25) is 0 Å². The summed E-state index contributed by atoms with van der Waals surface area (Å²) in [5.74, 6) is 1.35. The molecule has 7 heteroatoms. The molecule has 0 aliphatic rings. The van der Waals surface area contributed by atoms with E-state index in [1.807, 2.05) is 49.4 Å². The smallest absolute Gasteiger partial charge is 0.321 e. The van der Waals surface area contributed by atoms with Crippen LogP contribution in [0.1, 0.15) is 16.7 Å². The number of aryl methyl sites for hydroxylation is 1.